The zero-order chi connectivity index (χ0) is 23.2. The molecule has 174 valence electrons. The molecule has 1 aliphatic heterocycles. The average molecular weight is 466 g/mol. The number of aryl methyl sites for hydroxylation is 1. The van der Waals surface area contributed by atoms with Crippen molar-refractivity contribution in [2.45, 2.75) is 69.7 Å². The Kier molecular flexibility index (Phi) is 6.31. The fourth-order valence-corrected chi connectivity index (χ4v) is 5.19. The first-order chi connectivity index (χ1) is 15.2. The summed E-state index contributed by atoms with van der Waals surface area (Å²) in [5.41, 5.74) is -1.48. The molecule has 2 heterocycles. The molecule has 32 heavy (non-hydrogen) atoms. The largest absolute Gasteiger partial charge is 0.506 e. The first kappa shape index (κ1) is 23.1. The van der Waals surface area contributed by atoms with Gasteiger partial charge in [0.1, 0.15) is 40.5 Å². The zero-order valence-electron chi connectivity index (χ0n) is 18.1. The van der Waals surface area contributed by atoms with Gasteiger partial charge in [-0.3, -0.25) is 4.79 Å². The SMILES string of the molecule is COC1C(O)C(OP)C(Oc2ccc3c(O)c(C(C)=O)c(=O)oc3c2C)OC12CCCC2. The number of carbonyl (C=O) groups excluding carboxylic acids is 1. The molecule has 0 bridgehead atoms. The second-order valence-corrected chi connectivity index (χ2v) is 8.63. The summed E-state index contributed by atoms with van der Waals surface area (Å²) in [7, 11) is 3.66. The summed E-state index contributed by atoms with van der Waals surface area (Å²) in [6.45, 7) is 2.84. The Bertz CT molecular complexity index is 1090. The highest BCUT2D eigenvalue weighted by Gasteiger charge is 2.57. The van der Waals surface area contributed by atoms with Gasteiger partial charge in [0.15, 0.2) is 11.9 Å². The van der Waals surface area contributed by atoms with Crippen molar-refractivity contribution in [3.8, 4) is 11.5 Å². The minimum atomic E-state index is -0.991. The fraction of sp³-hybridized carbons (Fsp3) is 0.545. The van der Waals surface area contributed by atoms with E-state index >= 15 is 0 Å². The number of Topliss-reactive ketones (excluding diaryl/α,β-unsaturated/α-hetero) is 1. The lowest BCUT2D eigenvalue weighted by Crippen LogP contribution is -2.65. The van der Waals surface area contributed by atoms with Gasteiger partial charge in [0, 0.05) is 22.1 Å². The van der Waals surface area contributed by atoms with Gasteiger partial charge in [0.05, 0.1) is 5.39 Å². The fourth-order valence-electron chi connectivity index (χ4n) is 4.91. The molecule has 0 amide bonds. The van der Waals surface area contributed by atoms with Gasteiger partial charge in [-0.25, -0.2) is 4.79 Å². The molecule has 2 fully saturated rings. The van der Waals surface area contributed by atoms with Gasteiger partial charge >= 0.3 is 5.63 Å². The lowest BCUT2D eigenvalue weighted by atomic mass is 9.85. The van der Waals surface area contributed by atoms with Gasteiger partial charge in [-0.1, -0.05) is 12.8 Å². The quantitative estimate of drug-likeness (QED) is 0.389. The molecule has 4 rings (SSSR count). The Balaban J connectivity index is 1.73. The van der Waals surface area contributed by atoms with Crippen LogP contribution in [0.4, 0.5) is 0 Å². The third-order valence-corrected chi connectivity index (χ3v) is 6.80. The maximum absolute atomic E-state index is 12.2. The molecule has 1 saturated carbocycles. The summed E-state index contributed by atoms with van der Waals surface area (Å²) >= 11 is 0. The molecule has 1 aliphatic carbocycles. The van der Waals surface area contributed by atoms with Crippen molar-refractivity contribution in [2.75, 3.05) is 7.11 Å². The number of aliphatic hydroxyl groups excluding tert-OH is 1. The summed E-state index contributed by atoms with van der Waals surface area (Å²) < 4.78 is 28.8. The van der Waals surface area contributed by atoms with Crippen LogP contribution in [0.5, 0.6) is 11.5 Å². The second-order valence-electron chi connectivity index (χ2n) is 8.36. The number of carbonyl (C=O) groups is 1. The summed E-state index contributed by atoms with van der Waals surface area (Å²) in [5.74, 6) is -0.693. The summed E-state index contributed by atoms with van der Waals surface area (Å²) in [6, 6.07) is 3.09. The molecule has 2 N–H and O–H groups in total. The van der Waals surface area contributed by atoms with Crippen molar-refractivity contribution >= 4 is 26.2 Å². The monoisotopic (exact) mass is 466 g/mol. The Labute approximate surface area is 186 Å². The number of ether oxygens (including phenoxy) is 3. The van der Waals surface area contributed by atoms with Gasteiger partial charge in [0.2, 0.25) is 6.29 Å². The van der Waals surface area contributed by atoms with Gasteiger partial charge < -0.3 is 33.4 Å². The Morgan fingerprint density at radius 1 is 1.28 bits per heavy atom. The van der Waals surface area contributed by atoms with Gasteiger partial charge in [0.25, 0.3) is 0 Å². The number of aliphatic hydroxyl groups is 1. The van der Waals surface area contributed by atoms with E-state index in [1.807, 2.05) is 0 Å². The van der Waals surface area contributed by atoms with Crippen molar-refractivity contribution in [3.63, 3.8) is 0 Å². The number of methoxy groups -OCH3 is 1. The summed E-state index contributed by atoms with van der Waals surface area (Å²) in [4.78, 5) is 24.0. The van der Waals surface area contributed by atoms with E-state index in [1.165, 1.54) is 20.1 Å². The predicted molar refractivity (Wildman–Crippen MR) is 117 cm³/mol. The summed E-state index contributed by atoms with van der Waals surface area (Å²) in [6.07, 6.45) is -0.0266. The number of hydrogen-bond acceptors (Lipinski definition) is 9. The highest BCUT2D eigenvalue weighted by Crippen LogP contribution is 2.45. The van der Waals surface area contributed by atoms with E-state index in [-0.39, 0.29) is 11.0 Å². The maximum Gasteiger partial charge on any atom is 0.351 e. The Morgan fingerprint density at radius 3 is 2.56 bits per heavy atom. The first-order valence-electron chi connectivity index (χ1n) is 10.4. The minimum Gasteiger partial charge on any atom is -0.506 e. The first-order valence-corrected chi connectivity index (χ1v) is 10.9. The molecule has 1 spiro atoms. The minimum absolute atomic E-state index is 0.0973. The molecule has 1 aromatic heterocycles. The van der Waals surface area contributed by atoms with E-state index < -0.39 is 52.9 Å². The number of rotatable bonds is 5. The van der Waals surface area contributed by atoms with Crippen molar-refractivity contribution in [3.05, 3.63) is 33.7 Å². The molecule has 0 radical (unpaired) electrons. The molecule has 1 aromatic carbocycles. The highest BCUT2D eigenvalue weighted by molar-refractivity contribution is 7.09. The van der Waals surface area contributed by atoms with Gasteiger partial charge in [-0.05, 0) is 38.8 Å². The molecule has 2 aromatic rings. The molecular weight excluding hydrogens is 439 g/mol. The van der Waals surface area contributed by atoms with Crippen LogP contribution in [0.1, 0.15) is 48.5 Å². The topological polar surface area (TPSA) is 125 Å². The van der Waals surface area contributed by atoms with Crippen LogP contribution >= 0.6 is 9.47 Å². The van der Waals surface area contributed by atoms with E-state index in [2.05, 4.69) is 9.47 Å². The molecule has 9 nitrogen and oxygen atoms in total. The standard InChI is InChI=1S/C22H27O9P/c1-10-13(7-6-12-15(24)14(11(2)23)20(26)29-17(10)12)28-21-18(31-32)16(25)19(27-3)22(30-21)8-4-5-9-22/h6-7,16,18-19,21,24-25H,4-5,8-9,32H2,1-3H3. The number of hydrogen-bond donors (Lipinski definition) is 2. The van der Waals surface area contributed by atoms with Crippen molar-refractivity contribution < 1.29 is 38.2 Å². The van der Waals surface area contributed by atoms with Crippen LogP contribution in [0.25, 0.3) is 11.0 Å². The van der Waals surface area contributed by atoms with Crippen LogP contribution in [-0.4, -0.2) is 53.3 Å². The third-order valence-electron chi connectivity index (χ3n) is 6.49. The number of ketones is 1. The van der Waals surface area contributed by atoms with E-state index in [0.717, 1.165) is 25.7 Å². The van der Waals surface area contributed by atoms with Crippen molar-refractivity contribution in [1.82, 2.24) is 0 Å². The molecule has 10 heteroatoms. The van der Waals surface area contributed by atoms with E-state index in [1.54, 1.807) is 13.0 Å². The Morgan fingerprint density at radius 2 is 1.97 bits per heavy atom. The van der Waals surface area contributed by atoms with Crippen LogP contribution in [0, 0.1) is 6.92 Å². The van der Waals surface area contributed by atoms with Crippen LogP contribution in [-0.2, 0) is 14.0 Å². The zero-order valence-corrected chi connectivity index (χ0v) is 19.3. The maximum atomic E-state index is 12.2. The highest BCUT2D eigenvalue weighted by atomic mass is 31.0. The van der Waals surface area contributed by atoms with E-state index in [0.29, 0.717) is 11.3 Å². The molecule has 2 aliphatic rings. The average Bonchev–Trinajstić information content (AvgIpc) is 3.19. The van der Waals surface area contributed by atoms with E-state index in [4.69, 9.17) is 23.2 Å². The molecule has 5 unspecified atom stereocenters. The Hall–Kier alpha value is -2.03. The smallest absolute Gasteiger partial charge is 0.351 e. The van der Waals surface area contributed by atoms with Crippen LogP contribution in [0.15, 0.2) is 21.3 Å². The third kappa shape index (κ3) is 3.62. The predicted octanol–water partition coefficient (Wildman–Crippen LogP) is 2.61. The van der Waals surface area contributed by atoms with Crippen LogP contribution < -0.4 is 10.4 Å². The number of benzene rings is 1. The van der Waals surface area contributed by atoms with E-state index in [9.17, 15) is 19.8 Å². The lowest BCUT2D eigenvalue weighted by Gasteiger charge is -2.49. The van der Waals surface area contributed by atoms with Gasteiger partial charge in [-0.15, -0.1) is 0 Å². The molecule has 5 atom stereocenters. The normalized spacial score (nSPS) is 27.2. The lowest BCUT2D eigenvalue weighted by molar-refractivity contribution is -0.307. The number of fused-ring (bicyclic) bond motifs is 1. The molecular formula is C22H27O9P. The second kappa shape index (κ2) is 8.72. The van der Waals surface area contributed by atoms with Gasteiger partial charge in [-0.2, -0.15) is 0 Å². The van der Waals surface area contributed by atoms with Crippen LogP contribution in [0.2, 0.25) is 0 Å². The number of aromatic hydroxyl groups is 1. The molecule has 1 saturated heterocycles. The van der Waals surface area contributed by atoms with Crippen molar-refractivity contribution in [1.29, 1.82) is 0 Å². The van der Waals surface area contributed by atoms with Crippen LogP contribution in [0.3, 0.4) is 0 Å². The summed E-state index contributed by atoms with van der Waals surface area (Å²) in [5, 5.41) is 21.6. The van der Waals surface area contributed by atoms with Crippen molar-refractivity contribution in [2.24, 2.45) is 0 Å².